The highest BCUT2D eigenvalue weighted by molar-refractivity contribution is 8.00. The topological polar surface area (TPSA) is 88.5 Å². The van der Waals surface area contributed by atoms with Crippen LogP contribution in [0.15, 0.2) is 82.6 Å². The number of carbonyl (C=O) groups excluding carboxylic acids is 3. The Kier molecular flexibility index (Phi) is 8.58. The average molecular weight is 720 g/mol. The predicted molar refractivity (Wildman–Crippen MR) is 173 cm³/mol. The van der Waals surface area contributed by atoms with Gasteiger partial charge in [0.05, 0.1) is 27.8 Å². The number of anilines is 2. The number of hydrogen-bond donors (Lipinski definition) is 1. The van der Waals surface area contributed by atoms with Crippen molar-refractivity contribution in [3.63, 3.8) is 0 Å². The summed E-state index contributed by atoms with van der Waals surface area (Å²) in [5.74, 6) is -4.28. The summed E-state index contributed by atoms with van der Waals surface area (Å²) in [5.41, 5.74) is -1.09. The van der Waals surface area contributed by atoms with E-state index in [0.717, 1.165) is 74.5 Å². The third-order valence-electron chi connectivity index (χ3n) is 8.39. The number of nitrogens with one attached hydrogen (secondary N) is 1. The molecule has 2 unspecified atom stereocenters. The molecule has 1 aromatic heterocycles. The first kappa shape index (κ1) is 34.5. The third-order valence-corrected chi connectivity index (χ3v) is 11.0. The van der Waals surface area contributed by atoms with Crippen LogP contribution in [0.2, 0.25) is 0 Å². The van der Waals surface area contributed by atoms with Gasteiger partial charge in [0.2, 0.25) is 17.7 Å². The number of halogens is 6. The fourth-order valence-electron chi connectivity index (χ4n) is 6.00. The molecule has 4 aromatic rings. The van der Waals surface area contributed by atoms with E-state index in [1.165, 1.54) is 12.1 Å². The van der Waals surface area contributed by atoms with Gasteiger partial charge in [0.15, 0.2) is 0 Å². The van der Waals surface area contributed by atoms with E-state index in [9.17, 15) is 45.5 Å². The SMILES string of the molecule is CC(C)(C)c1ccc([C@H]2c3sc(=O)n(CC(=O)Nc4cccc(C(F)(F)F)c4)c3SC3C(=O)N(c4cccc(C(F)(F)F)c4)C(=O)C32)cc1. The van der Waals surface area contributed by atoms with Gasteiger partial charge in [-0.2, -0.15) is 26.3 Å². The minimum absolute atomic E-state index is 0.144. The summed E-state index contributed by atoms with van der Waals surface area (Å²) in [4.78, 5) is 55.0. The number of amides is 3. The molecule has 1 saturated heterocycles. The highest BCUT2D eigenvalue weighted by Gasteiger charge is 2.57. The maximum atomic E-state index is 14.1. The quantitative estimate of drug-likeness (QED) is 0.169. The largest absolute Gasteiger partial charge is 0.416 e. The molecule has 0 saturated carbocycles. The van der Waals surface area contributed by atoms with Crippen LogP contribution in [0.5, 0.6) is 0 Å². The zero-order valence-electron chi connectivity index (χ0n) is 26.0. The standard InChI is InChI=1S/C34H27F6N3O4S2/c1-32(2,3)18-12-10-17(11-13-18)24-25-26(29(46)43(28(25)45)22-9-5-7-20(15-22)34(38,39)40)48-30-27(24)49-31(47)42(30)16-23(44)41-21-8-4-6-19(14-21)33(35,36)37/h4-15,24-26H,16H2,1-3H3,(H,41,44)/t24-,25?,26?/m1/s1. The number of fused-ring (bicyclic) bond motifs is 2. The summed E-state index contributed by atoms with van der Waals surface area (Å²) in [6, 6.07) is 15.2. The fraction of sp³-hybridized carbons (Fsp3) is 0.294. The van der Waals surface area contributed by atoms with E-state index < -0.39 is 69.7 Å². The van der Waals surface area contributed by atoms with Crippen molar-refractivity contribution in [1.82, 2.24) is 4.57 Å². The molecule has 2 aliphatic rings. The lowest BCUT2D eigenvalue weighted by Gasteiger charge is -2.31. The molecular formula is C34H27F6N3O4S2. The van der Waals surface area contributed by atoms with Crippen LogP contribution in [0.25, 0.3) is 0 Å². The van der Waals surface area contributed by atoms with E-state index >= 15 is 0 Å². The zero-order chi connectivity index (χ0) is 35.6. The van der Waals surface area contributed by atoms with Crippen molar-refractivity contribution in [2.75, 3.05) is 10.2 Å². The first-order chi connectivity index (χ1) is 22.8. The molecule has 7 nitrogen and oxygen atoms in total. The highest BCUT2D eigenvalue weighted by Crippen LogP contribution is 2.54. The Bertz CT molecular complexity index is 2030. The molecule has 2 aliphatic heterocycles. The van der Waals surface area contributed by atoms with Crippen molar-refractivity contribution in [2.45, 2.75) is 61.3 Å². The van der Waals surface area contributed by atoms with E-state index in [2.05, 4.69) is 5.32 Å². The van der Waals surface area contributed by atoms with Crippen LogP contribution in [0.4, 0.5) is 37.7 Å². The molecule has 0 radical (unpaired) electrons. The number of rotatable bonds is 5. The molecule has 0 bridgehead atoms. The smallest absolute Gasteiger partial charge is 0.325 e. The van der Waals surface area contributed by atoms with Gasteiger partial charge in [0, 0.05) is 16.5 Å². The molecule has 3 amide bonds. The summed E-state index contributed by atoms with van der Waals surface area (Å²) in [7, 11) is 0. The van der Waals surface area contributed by atoms with Crippen LogP contribution in [0.1, 0.15) is 53.8 Å². The number of nitrogens with zero attached hydrogens (tertiary/aromatic N) is 2. The zero-order valence-corrected chi connectivity index (χ0v) is 27.6. The summed E-state index contributed by atoms with van der Waals surface area (Å²) in [6.45, 7) is 5.42. The van der Waals surface area contributed by atoms with Crippen molar-refractivity contribution in [2.24, 2.45) is 5.92 Å². The average Bonchev–Trinajstić information content (AvgIpc) is 3.46. The molecule has 0 aliphatic carbocycles. The molecule has 256 valence electrons. The lowest BCUT2D eigenvalue weighted by molar-refractivity contribution is -0.138. The van der Waals surface area contributed by atoms with Gasteiger partial charge < -0.3 is 5.32 Å². The molecule has 0 spiro atoms. The Labute approximate surface area is 283 Å². The Balaban J connectivity index is 1.40. The van der Waals surface area contributed by atoms with Gasteiger partial charge in [0.25, 0.3) is 0 Å². The number of thioether (sulfide) groups is 1. The highest BCUT2D eigenvalue weighted by atomic mass is 32.2. The van der Waals surface area contributed by atoms with Gasteiger partial charge in [-0.25, -0.2) is 4.90 Å². The maximum Gasteiger partial charge on any atom is 0.416 e. The summed E-state index contributed by atoms with van der Waals surface area (Å²) in [6.07, 6.45) is -9.37. The van der Waals surface area contributed by atoms with Crippen molar-refractivity contribution in [3.8, 4) is 0 Å². The number of carbonyl (C=O) groups is 3. The molecule has 1 fully saturated rings. The lowest BCUT2D eigenvalue weighted by Crippen LogP contribution is -2.33. The molecule has 1 N–H and O–H groups in total. The van der Waals surface area contributed by atoms with Crippen LogP contribution in [-0.4, -0.2) is 27.5 Å². The van der Waals surface area contributed by atoms with Gasteiger partial charge in [-0.3, -0.25) is 23.7 Å². The first-order valence-electron chi connectivity index (χ1n) is 14.9. The summed E-state index contributed by atoms with van der Waals surface area (Å²) < 4.78 is 81.5. The van der Waals surface area contributed by atoms with Crippen LogP contribution in [0.3, 0.4) is 0 Å². The van der Waals surface area contributed by atoms with E-state index in [1.807, 2.05) is 32.9 Å². The van der Waals surface area contributed by atoms with Crippen LogP contribution in [-0.2, 0) is 38.7 Å². The predicted octanol–water partition coefficient (Wildman–Crippen LogP) is 7.68. The second-order valence-corrected chi connectivity index (χ2v) is 14.8. The number of alkyl halides is 6. The number of imide groups is 1. The monoisotopic (exact) mass is 719 g/mol. The fourth-order valence-corrected chi connectivity index (χ4v) is 8.77. The van der Waals surface area contributed by atoms with Gasteiger partial charge >= 0.3 is 17.2 Å². The number of hydrogen-bond acceptors (Lipinski definition) is 6. The van der Waals surface area contributed by atoms with Gasteiger partial charge in [-0.05, 0) is 52.9 Å². The molecule has 6 rings (SSSR count). The van der Waals surface area contributed by atoms with Crippen LogP contribution >= 0.6 is 23.1 Å². The van der Waals surface area contributed by atoms with Crippen molar-refractivity contribution >= 4 is 52.2 Å². The minimum atomic E-state index is -4.73. The first-order valence-corrected chi connectivity index (χ1v) is 16.6. The van der Waals surface area contributed by atoms with Gasteiger partial charge in [-0.1, -0.05) is 80.3 Å². The van der Waals surface area contributed by atoms with Gasteiger partial charge in [0.1, 0.15) is 11.8 Å². The second-order valence-electron chi connectivity index (χ2n) is 12.7. The Morgan fingerprint density at radius 2 is 1.41 bits per heavy atom. The van der Waals surface area contributed by atoms with Crippen molar-refractivity contribution in [1.29, 1.82) is 0 Å². The molecule has 3 aromatic carbocycles. The Hall–Kier alpha value is -4.37. The number of thiazole rings is 1. The molecule has 3 atom stereocenters. The molecule has 3 heterocycles. The van der Waals surface area contributed by atoms with Crippen molar-refractivity contribution in [3.05, 3.63) is 110 Å². The van der Waals surface area contributed by atoms with E-state index in [-0.39, 0.29) is 21.8 Å². The minimum Gasteiger partial charge on any atom is -0.325 e. The van der Waals surface area contributed by atoms with E-state index in [4.69, 9.17) is 0 Å². The third kappa shape index (κ3) is 6.53. The normalized spacial score (nSPS) is 19.5. The Morgan fingerprint density at radius 1 is 0.796 bits per heavy atom. The lowest BCUT2D eigenvalue weighted by atomic mass is 9.81. The summed E-state index contributed by atoms with van der Waals surface area (Å²) in [5, 5.41) is 1.43. The van der Waals surface area contributed by atoms with Gasteiger partial charge in [-0.15, -0.1) is 0 Å². The summed E-state index contributed by atoms with van der Waals surface area (Å²) >= 11 is 1.63. The van der Waals surface area contributed by atoms with Crippen LogP contribution in [0, 0.1) is 5.92 Å². The molecule has 49 heavy (non-hydrogen) atoms. The molecular weight excluding hydrogens is 693 g/mol. The van der Waals surface area contributed by atoms with Crippen molar-refractivity contribution < 1.29 is 40.7 Å². The maximum absolute atomic E-state index is 14.1. The number of benzene rings is 3. The molecule has 15 heteroatoms. The van der Waals surface area contributed by atoms with Crippen LogP contribution < -0.4 is 15.1 Å². The van der Waals surface area contributed by atoms with E-state index in [0.29, 0.717) is 10.4 Å². The second kappa shape index (κ2) is 12.2. The number of aromatic nitrogens is 1. The van der Waals surface area contributed by atoms with E-state index in [1.54, 1.807) is 12.1 Å². The Morgan fingerprint density at radius 3 is 2.02 bits per heavy atom.